The zero-order valence-electron chi connectivity index (χ0n) is 10.3. The van der Waals surface area contributed by atoms with Gasteiger partial charge < -0.3 is 0 Å². The first-order chi connectivity index (χ1) is 7.95. The number of rotatable bonds is 4. The van der Waals surface area contributed by atoms with Crippen LogP contribution in [0.15, 0.2) is 18.2 Å². The fraction of sp³-hybridized carbons (Fsp3) is 0.429. The van der Waals surface area contributed by atoms with Crippen molar-refractivity contribution in [1.29, 1.82) is 5.26 Å². The fourth-order valence-electron chi connectivity index (χ4n) is 1.62. The van der Waals surface area contributed by atoms with E-state index in [-0.39, 0.29) is 16.5 Å². The van der Waals surface area contributed by atoms with E-state index in [2.05, 4.69) is 22.0 Å². The van der Waals surface area contributed by atoms with Gasteiger partial charge in [-0.05, 0) is 36.6 Å². The molecule has 3 heteroatoms. The van der Waals surface area contributed by atoms with Gasteiger partial charge in [0, 0.05) is 5.92 Å². The van der Waals surface area contributed by atoms with E-state index < -0.39 is 0 Å². The molecule has 1 rings (SSSR count). The van der Waals surface area contributed by atoms with Crippen LogP contribution < -0.4 is 0 Å². The molecule has 0 saturated carbocycles. The average Bonchev–Trinajstić information content (AvgIpc) is 2.30. The summed E-state index contributed by atoms with van der Waals surface area (Å²) in [5, 5.41) is 8.86. The van der Waals surface area contributed by atoms with Gasteiger partial charge in [-0.25, -0.2) is 0 Å². The Kier molecular flexibility index (Phi) is 4.89. The molecular formula is C14H16BrNO. The van der Waals surface area contributed by atoms with Gasteiger partial charge in [-0.15, -0.1) is 0 Å². The molecule has 0 N–H and O–H groups in total. The van der Waals surface area contributed by atoms with Crippen molar-refractivity contribution in [3.63, 3.8) is 0 Å². The second-order valence-electron chi connectivity index (χ2n) is 4.48. The predicted molar refractivity (Wildman–Crippen MR) is 72.2 cm³/mol. The lowest BCUT2D eigenvalue weighted by molar-refractivity contribution is -0.121. The number of nitrogens with zero attached hydrogens (tertiary/aromatic N) is 1. The molecule has 0 aromatic heterocycles. The number of halogens is 1. The summed E-state index contributed by atoms with van der Waals surface area (Å²) in [6.45, 7) is 5.79. The number of hydrogen-bond acceptors (Lipinski definition) is 2. The molecule has 0 amide bonds. The number of alkyl halides is 1. The molecule has 2 nitrogen and oxygen atoms in total. The highest BCUT2D eigenvalue weighted by atomic mass is 79.9. The number of benzene rings is 1. The topological polar surface area (TPSA) is 40.9 Å². The summed E-state index contributed by atoms with van der Waals surface area (Å²) in [4.78, 5) is 11.6. The number of ketones is 1. The molecule has 0 fully saturated rings. The average molecular weight is 294 g/mol. The fourth-order valence-corrected chi connectivity index (χ4v) is 2.49. The Bertz CT molecular complexity index is 460. The third-order valence-electron chi connectivity index (χ3n) is 2.76. The normalized spacial score (nSPS) is 12.2. The van der Waals surface area contributed by atoms with Crippen LogP contribution in [-0.4, -0.2) is 10.6 Å². The molecule has 0 spiro atoms. The lowest BCUT2D eigenvalue weighted by atomic mass is 9.97. The van der Waals surface area contributed by atoms with Crippen LogP contribution in [0.4, 0.5) is 0 Å². The first kappa shape index (κ1) is 13.9. The SMILES string of the molecule is Cc1ccc(C#N)cc1CC(Br)C(=O)C(C)C. The smallest absolute Gasteiger partial charge is 0.149 e. The van der Waals surface area contributed by atoms with Crippen LogP contribution in [0.1, 0.15) is 30.5 Å². The number of carbonyl (C=O) groups excluding carboxylic acids is 1. The van der Waals surface area contributed by atoms with E-state index in [1.807, 2.05) is 32.9 Å². The van der Waals surface area contributed by atoms with Crippen LogP contribution in [0.2, 0.25) is 0 Å². The number of Topliss-reactive ketones (excluding diaryl/α,β-unsaturated/α-hetero) is 1. The van der Waals surface area contributed by atoms with Gasteiger partial charge in [-0.3, -0.25) is 4.79 Å². The van der Waals surface area contributed by atoms with E-state index >= 15 is 0 Å². The van der Waals surface area contributed by atoms with Gasteiger partial charge in [-0.2, -0.15) is 5.26 Å². The number of nitriles is 1. The van der Waals surface area contributed by atoms with E-state index in [1.54, 1.807) is 6.07 Å². The maximum absolute atomic E-state index is 11.8. The minimum Gasteiger partial charge on any atom is -0.298 e. The van der Waals surface area contributed by atoms with E-state index in [0.717, 1.165) is 11.1 Å². The monoisotopic (exact) mass is 293 g/mol. The van der Waals surface area contributed by atoms with Crippen LogP contribution in [0.25, 0.3) is 0 Å². The number of aryl methyl sites for hydroxylation is 1. The van der Waals surface area contributed by atoms with E-state index in [9.17, 15) is 4.79 Å². The second-order valence-corrected chi connectivity index (χ2v) is 5.59. The summed E-state index contributed by atoms with van der Waals surface area (Å²) in [6, 6.07) is 7.70. The van der Waals surface area contributed by atoms with E-state index in [4.69, 9.17) is 5.26 Å². The Labute approximate surface area is 111 Å². The van der Waals surface area contributed by atoms with Crippen molar-refractivity contribution in [1.82, 2.24) is 0 Å². The molecule has 0 saturated heterocycles. The summed E-state index contributed by atoms with van der Waals surface area (Å²) in [5.41, 5.74) is 2.81. The Balaban J connectivity index is 2.88. The molecule has 0 radical (unpaired) electrons. The third kappa shape index (κ3) is 3.67. The first-order valence-corrected chi connectivity index (χ1v) is 6.54. The highest BCUT2D eigenvalue weighted by Gasteiger charge is 2.19. The van der Waals surface area contributed by atoms with Crippen LogP contribution in [0, 0.1) is 24.2 Å². The van der Waals surface area contributed by atoms with Crippen molar-refractivity contribution in [2.24, 2.45) is 5.92 Å². The van der Waals surface area contributed by atoms with Gasteiger partial charge in [-0.1, -0.05) is 35.8 Å². The maximum atomic E-state index is 11.8. The van der Waals surface area contributed by atoms with Crippen molar-refractivity contribution >= 4 is 21.7 Å². The van der Waals surface area contributed by atoms with Gasteiger partial charge >= 0.3 is 0 Å². The molecule has 0 bridgehead atoms. The molecular weight excluding hydrogens is 278 g/mol. The zero-order chi connectivity index (χ0) is 13.0. The highest BCUT2D eigenvalue weighted by molar-refractivity contribution is 9.10. The molecule has 1 unspecified atom stereocenters. The third-order valence-corrected chi connectivity index (χ3v) is 3.53. The molecule has 0 aliphatic heterocycles. The summed E-state index contributed by atoms with van der Waals surface area (Å²) in [6.07, 6.45) is 0.637. The van der Waals surface area contributed by atoms with E-state index in [0.29, 0.717) is 12.0 Å². The van der Waals surface area contributed by atoms with Gasteiger partial charge in [0.25, 0.3) is 0 Å². The Morgan fingerprint density at radius 3 is 2.65 bits per heavy atom. The molecule has 1 atom stereocenters. The minimum absolute atomic E-state index is 0.0267. The Morgan fingerprint density at radius 2 is 2.12 bits per heavy atom. The van der Waals surface area contributed by atoms with Gasteiger partial charge in [0.1, 0.15) is 5.78 Å². The molecule has 90 valence electrons. The number of hydrogen-bond donors (Lipinski definition) is 0. The van der Waals surface area contributed by atoms with E-state index in [1.165, 1.54) is 0 Å². The quantitative estimate of drug-likeness (QED) is 0.799. The van der Waals surface area contributed by atoms with Crippen LogP contribution >= 0.6 is 15.9 Å². The van der Waals surface area contributed by atoms with Crippen molar-refractivity contribution in [3.8, 4) is 6.07 Å². The molecule has 1 aromatic rings. The predicted octanol–water partition coefficient (Wildman–Crippen LogP) is 3.40. The molecule has 0 heterocycles. The maximum Gasteiger partial charge on any atom is 0.149 e. The van der Waals surface area contributed by atoms with Gasteiger partial charge in [0.05, 0.1) is 16.5 Å². The summed E-state index contributed by atoms with van der Waals surface area (Å²) < 4.78 is 0. The summed E-state index contributed by atoms with van der Waals surface area (Å²) in [5.74, 6) is 0.227. The largest absolute Gasteiger partial charge is 0.298 e. The lowest BCUT2D eigenvalue weighted by Crippen LogP contribution is -2.22. The molecule has 1 aromatic carbocycles. The lowest BCUT2D eigenvalue weighted by Gasteiger charge is -2.13. The van der Waals surface area contributed by atoms with Gasteiger partial charge in [0.15, 0.2) is 0 Å². The van der Waals surface area contributed by atoms with Gasteiger partial charge in [0.2, 0.25) is 0 Å². The van der Waals surface area contributed by atoms with Crippen molar-refractivity contribution in [2.45, 2.75) is 32.0 Å². The highest BCUT2D eigenvalue weighted by Crippen LogP contribution is 2.18. The molecule has 0 aliphatic carbocycles. The van der Waals surface area contributed by atoms with Crippen LogP contribution in [0.3, 0.4) is 0 Å². The van der Waals surface area contributed by atoms with Crippen molar-refractivity contribution in [3.05, 3.63) is 34.9 Å². The zero-order valence-corrected chi connectivity index (χ0v) is 11.9. The summed E-state index contributed by atoms with van der Waals surface area (Å²) >= 11 is 3.43. The minimum atomic E-state index is -0.171. The standard InChI is InChI=1S/C14H16BrNO/c1-9(2)14(17)13(15)7-12-6-11(8-16)5-4-10(12)3/h4-6,9,13H,7H2,1-3H3. The number of carbonyl (C=O) groups is 1. The Hall–Kier alpha value is -1.14. The first-order valence-electron chi connectivity index (χ1n) is 5.63. The second kappa shape index (κ2) is 5.97. The summed E-state index contributed by atoms with van der Waals surface area (Å²) in [7, 11) is 0. The molecule has 0 aliphatic rings. The molecule has 17 heavy (non-hydrogen) atoms. The van der Waals surface area contributed by atoms with Crippen molar-refractivity contribution < 1.29 is 4.79 Å². The van der Waals surface area contributed by atoms with Crippen molar-refractivity contribution in [2.75, 3.05) is 0 Å². The van der Waals surface area contributed by atoms with Crippen LogP contribution in [0.5, 0.6) is 0 Å². The van der Waals surface area contributed by atoms with Crippen LogP contribution in [-0.2, 0) is 11.2 Å². The Morgan fingerprint density at radius 1 is 1.47 bits per heavy atom.